The molecule has 1 heterocycles. The molecule has 0 spiro atoms. The highest BCUT2D eigenvalue weighted by Gasteiger charge is 2.19. The van der Waals surface area contributed by atoms with Gasteiger partial charge in [0.2, 0.25) is 0 Å². The predicted octanol–water partition coefficient (Wildman–Crippen LogP) is 4.21. The fourth-order valence-corrected chi connectivity index (χ4v) is 2.90. The van der Waals surface area contributed by atoms with Crippen molar-refractivity contribution in [1.29, 1.82) is 0 Å². The quantitative estimate of drug-likeness (QED) is 0.681. The molecule has 3 heteroatoms. The lowest BCUT2D eigenvalue weighted by molar-refractivity contribution is 0.628. The zero-order chi connectivity index (χ0) is 12.0. The maximum Gasteiger partial charge on any atom is 0.137 e. The third-order valence-corrected chi connectivity index (χ3v) is 3.91. The van der Waals surface area contributed by atoms with Gasteiger partial charge in [0.15, 0.2) is 0 Å². The molecule has 1 aromatic heterocycles. The van der Waals surface area contributed by atoms with Crippen molar-refractivity contribution in [3.8, 4) is 0 Å². The van der Waals surface area contributed by atoms with E-state index in [-0.39, 0.29) is 5.82 Å². The number of nitrogens with zero attached hydrogens (tertiary/aromatic N) is 1. The molecule has 1 aliphatic rings. The Morgan fingerprint density at radius 2 is 2.00 bits per heavy atom. The van der Waals surface area contributed by atoms with Gasteiger partial charge >= 0.3 is 0 Å². The first-order valence-corrected chi connectivity index (χ1v) is 6.32. The third kappa shape index (κ3) is 1.62. The van der Waals surface area contributed by atoms with Crippen LogP contribution in [0.1, 0.15) is 29.7 Å². The van der Waals surface area contributed by atoms with Crippen molar-refractivity contribution in [3.05, 3.63) is 39.8 Å². The van der Waals surface area contributed by atoms with E-state index < -0.39 is 0 Å². The number of aryl methyl sites for hydroxylation is 2. The minimum absolute atomic E-state index is 0.228. The molecule has 2 aromatic rings. The van der Waals surface area contributed by atoms with E-state index in [2.05, 4.69) is 4.98 Å². The maximum absolute atomic E-state index is 14.1. The Kier molecular flexibility index (Phi) is 2.55. The van der Waals surface area contributed by atoms with Gasteiger partial charge < -0.3 is 0 Å². The molecule has 3 rings (SSSR count). The molecule has 0 atom stereocenters. The third-order valence-electron chi connectivity index (χ3n) is 3.49. The first kappa shape index (κ1) is 11.0. The highest BCUT2D eigenvalue weighted by Crippen LogP contribution is 2.34. The monoisotopic (exact) mass is 249 g/mol. The van der Waals surface area contributed by atoms with Gasteiger partial charge in [0.25, 0.3) is 0 Å². The summed E-state index contributed by atoms with van der Waals surface area (Å²) >= 11 is 6.36. The Balaban J connectivity index is 2.41. The molecular formula is C14H13ClFN. The van der Waals surface area contributed by atoms with Crippen LogP contribution >= 0.6 is 11.6 Å². The Morgan fingerprint density at radius 3 is 2.82 bits per heavy atom. The smallest absolute Gasteiger partial charge is 0.137 e. The second-order valence-electron chi connectivity index (χ2n) is 4.65. The lowest BCUT2D eigenvalue weighted by Gasteiger charge is -2.18. The lowest BCUT2D eigenvalue weighted by Crippen LogP contribution is -2.07. The van der Waals surface area contributed by atoms with Crippen molar-refractivity contribution in [2.24, 2.45) is 0 Å². The van der Waals surface area contributed by atoms with Gasteiger partial charge in [0.1, 0.15) is 5.82 Å². The molecular weight excluding hydrogens is 237 g/mol. The van der Waals surface area contributed by atoms with Crippen molar-refractivity contribution in [1.82, 2.24) is 4.98 Å². The number of hydrogen-bond acceptors (Lipinski definition) is 1. The fourth-order valence-electron chi connectivity index (χ4n) is 2.52. The maximum atomic E-state index is 14.1. The minimum Gasteiger partial charge on any atom is -0.252 e. The van der Waals surface area contributed by atoms with Crippen molar-refractivity contribution >= 4 is 22.5 Å². The average molecular weight is 250 g/mol. The fraction of sp³-hybridized carbons (Fsp3) is 0.357. The zero-order valence-electron chi connectivity index (χ0n) is 9.69. The second kappa shape index (κ2) is 3.95. The van der Waals surface area contributed by atoms with Gasteiger partial charge in [-0.2, -0.15) is 0 Å². The summed E-state index contributed by atoms with van der Waals surface area (Å²) in [4.78, 5) is 4.55. The molecule has 0 amide bonds. The molecule has 0 unspecified atom stereocenters. The standard InChI is InChI=1S/C14H13ClFN/c1-8-6-7-11-12(14(8)16)13(15)9-4-2-3-5-10(9)17-11/h6-7H,2-5H2,1H3. The van der Waals surface area contributed by atoms with Crippen LogP contribution in [0.25, 0.3) is 10.9 Å². The Labute approximate surface area is 105 Å². The van der Waals surface area contributed by atoms with Gasteiger partial charge in [0.05, 0.1) is 15.9 Å². The number of hydrogen-bond donors (Lipinski definition) is 0. The van der Waals surface area contributed by atoms with E-state index >= 15 is 0 Å². The first-order chi connectivity index (χ1) is 8.18. The SMILES string of the molecule is Cc1ccc2nc3c(c(Cl)c2c1F)CCCC3. The van der Waals surface area contributed by atoms with E-state index in [0.717, 1.165) is 36.9 Å². The number of benzene rings is 1. The van der Waals surface area contributed by atoms with Crippen LogP contribution in [-0.2, 0) is 12.8 Å². The topological polar surface area (TPSA) is 12.9 Å². The molecule has 1 aromatic carbocycles. The van der Waals surface area contributed by atoms with Gasteiger partial charge in [-0.1, -0.05) is 17.7 Å². The lowest BCUT2D eigenvalue weighted by atomic mass is 9.94. The molecule has 0 saturated heterocycles. The first-order valence-electron chi connectivity index (χ1n) is 5.94. The largest absolute Gasteiger partial charge is 0.252 e. The highest BCUT2D eigenvalue weighted by atomic mass is 35.5. The van der Waals surface area contributed by atoms with Gasteiger partial charge in [-0.05, 0) is 49.8 Å². The molecule has 0 fully saturated rings. The van der Waals surface area contributed by atoms with Gasteiger partial charge in [0, 0.05) is 5.69 Å². The normalized spacial score (nSPS) is 15.0. The molecule has 0 bridgehead atoms. The summed E-state index contributed by atoms with van der Waals surface area (Å²) in [6.07, 6.45) is 4.15. The van der Waals surface area contributed by atoms with Crippen molar-refractivity contribution in [2.75, 3.05) is 0 Å². The number of rotatable bonds is 0. The van der Waals surface area contributed by atoms with Crippen molar-refractivity contribution < 1.29 is 4.39 Å². The number of fused-ring (bicyclic) bond motifs is 2. The van der Waals surface area contributed by atoms with E-state index in [0.29, 0.717) is 21.5 Å². The second-order valence-corrected chi connectivity index (χ2v) is 5.03. The summed E-state index contributed by atoms with van der Waals surface area (Å²) in [6.45, 7) is 1.75. The molecule has 17 heavy (non-hydrogen) atoms. The number of aromatic nitrogens is 1. The van der Waals surface area contributed by atoms with Crippen LogP contribution in [0, 0.1) is 12.7 Å². The van der Waals surface area contributed by atoms with Crippen molar-refractivity contribution in [3.63, 3.8) is 0 Å². The molecule has 0 N–H and O–H groups in total. The predicted molar refractivity (Wildman–Crippen MR) is 68.1 cm³/mol. The molecule has 0 aliphatic heterocycles. The van der Waals surface area contributed by atoms with Crippen LogP contribution in [0.15, 0.2) is 12.1 Å². The van der Waals surface area contributed by atoms with Gasteiger partial charge in [-0.3, -0.25) is 4.98 Å². The molecule has 88 valence electrons. The van der Waals surface area contributed by atoms with Crippen LogP contribution in [0.2, 0.25) is 5.02 Å². The van der Waals surface area contributed by atoms with Crippen LogP contribution in [0.5, 0.6) is 0 Å². The summed E-state index contributed by atoms with van der Waals surface area (Å²) in [5.74, 6) is -0.228. The summed E-state index contributed by atoms with van der Waals surface area (Å²) in [7, 11) is 0. The number of halogens is 2. The summed E-state index contributed by atoms with van der Waals surface area (Å²) < 4.78 is 14.1. The van der Waals surface area contributed by atoms with E-state index in [9.17, 15) is 4.39 Å². The van der Waals surface area contributed by atoms with Crippen LogP contribution in [0.3, 0.4) is 0 Å². The summed E-state index contributed by atoms with van der Waals surface area (Å²) in [6, 6.07) is 3.62. The number of pyridine rings is 1. The van der Waals surface area contributed by atoms with E-state index in [1.54, 1.807) is 13.0 Å². The Bertz CT molecular complexity index is 607. The average Bonchev–Trinajstić information content (AvgIpc) is 2.34. The molecule has 1 nitrogen and oxygen atoms in total. The summed E-state index contributed by atoms with van der Waals surface area (Å²) in [5, 5.41) is 1.07. The Hall–Kier alpha value is -1.15. The highest BCUT2D eigenvalue weighted by molar-refractivity contribution is 6.36. The van der Waals surface area contributed by atoms with Crippen molar-refractivity contribution in [2.45, 2.75) is 32.6 Å². The molecule has 1 aliphatic carbocycles. The van der Waals surface area contributed by atoms with Crippen LogP contribution < -0.4 is 0 Å². The summed E-state index contributed by atoms with van der Waals surface area (Å²) in [5.41, 5.74) is 3.41. The van der Waals surface area contributed by atoms with Gasteiger partial charge in [-0.25, -0.2) is 4.39 Å². The zero-order valence-corrected chi connectivity index (χ0v) is 10.4. The molecule has 0 radical (unpaired) electrons. The Morgan fingerprint density at radius 1 is 1.24 bits per heavy atom. The van der Waals surface area contributed by atoms with E-state index in [4.69, 9.17) is 11.6 Å². The van der Waals surface area contributed by atoms with E-state index in [1.807, 2.05) is 6.07 Å². The molecule has 0 saturated carbocycles. The minimum atomic E-state index is -0.228. The van der Waals surface area contributed by atoms with Crippen LogP contribution in [-0.4, -0.2) is 4.98 Å². The van der Waals surface area contributed by atoms with Crippen LogP contribution in [0.4, 0.5) is 4.39 Å². The van der Waals surface area contributed by atoms with E-state index in [1.165, 1.54) is 0 Å². The van der Waals surface area contributed by atoms with Gasteiger partial charge in [-0.15, -0.1) is 0 Å².